The molecule has 0 radical (unpaired) electrons. The summed E-state index contributed by atoms with van der Waals surface area (Å²) in [6, 6.07) is 14.5. The van der Waals surface area contributed by atoms with E-state index in [4.69, 9.17) is 16.3 Å². The normalized spacial score (nSPS) is 15.4. The van der Waals surface area contributed by atoms with Crippen LogP contribution in [0.5, 0.6) is 0 Å². The minimum atomic E-state index is -0.433. The number of carbonyl (C=O) groups excluding carboxylic acids is 1. The summed E-state index contributed by atoms with van der Waals surface area (Å²) in [5.74, 6) is 6.18. The van der Waals surface area contributed by atoms with Crippen molar-refractivity contribution < 1.29 is 9.53 Å². The number of hydrogen-bond donors (Lipinski definition) is 0. The van der Waals surface area contributed by atoms with Gasteiger partial charge in [-0.05, 0) is 42.0 Å². The molecule has 1 heterocycles. The molecule has 1 atom stereocenters. The highest BCUT2D eigenvalue weighted by molar-refractivity contribution is 6.30. The lowest BCUT2D eigenvalue weighted by Gasteiger charge is -2.29. The Bertz CT molecular complexity index is 815. The number of para-hydroxylation sites is 1. The number of nitrogens with zero attached hydrogens (tertiary/aromatic N) is 1. The van der Waals surface area contributed by atoms with E-state index in [9.17, 15) is 4.79 Å². The van der Waals surface area contributed by atoms with E-state index in [0.29, 0.717) is 5.02 Å². The summed E-state index contributed by atoms with van der Waals surface area (Å²) >= 11 is 5.87. The predicted molar refractivity (Wildman–Crippen MR) is 92.5 cm³/mol. The van der Waals surface area contributed by atoms with Gasteiger partial charge in [-0.2, -0.15) is 0 Å². The number of rotatable bonds is 0. The van der Waals surface area contributed by atoms with E-state index in [2.05, 4.69) is 11.8 Å². The fourth-order valence-electron chi connectivity index (χ4n) is 2.39. The molecule has 0 fully saturated rings. The summed E-state index contributed by atoms with van der Waals surface area (Å²) in [6.45, 7) is 0. The van der Waals surface area contributed by atoms with Gasteiger partial charge in [0.05, 0.1) is 12.8 Å². The molecule has 23 heavy (non-hydrogen) atoms. The Hall–Kier alpha value is -2.70. The second-order valence-electron chi connectivity index (χ2n) is 4.98. The molecule has 3 rings (SSSR count). The Morgan fingerprint density at radius 1 is 1.17 bits per heavy atom. The van der Waals surface area contributed by atoms with E-state index in [0.717, 1.165) is 16.8 Å². The lowest BCUT2D eigenvalue weighted by atomic mass is 10.0. The van der Waals surface area contributed by atoms with E-state index in [1.54, 1.807) is 17.0 Å². The third-order valence-corrected chi connectivity index (χ3v) is 3.76. The lowest BCUT2D eigenvalue weighted by Crippen LogP contribution is -2.40. The average molecular weight is 324 g/mol. The molecule has 0 spiro atoms. The summed E-state index contributed by atoms with van der Waals surface area (Å²) in [4.78, 5) is 13.7. The Labute approximate surface area is 140 Å². The van der Waals surface area contributed by atoms with Gasteiger partial charge < -0.3 is 4.74 Å². The average Bonchev–Trinajstić information content (AvgIpc) is 2.60. The highest BCUT2D eigenvalue weighted by Gasteiger charge is 2.27. The first-order chi connectivity index (χ1) is 11.2. The molecule has 0 saturated heterocycles. The maximum atomic E-state index is 12.2. The Morgan fingerprint density at radius 3 is 2.65 bits per heavy atom. The Morgan fingerprint density at radius 2 is 1.91 bits per heavy atom. The fraction of sp³-hybridized carbons (Fsp3) is 0.105. The molecule has 3 nitrogen and oxygen atoms in total. The van der Waals surface area contributed by atoms with Crippen LogP contribution < -0.4 is 4.90 Å². The van der Waals surface area contributed by atoms with Crippen molar-refractivity contribution >= 4 is 29.5 Å². The Kier molecular flexibility index (Phi) is 4.36. The molecule has 1 aliphatic rings. The molecule has 2 aromatic carbocycles. The van der Waals surface area contributed by atoms with E-state index in [1.165, 1.54) is 7.11 Å². The zero-order valence-electron chi connectivity index (χ0n) is 12.5. The minimum Gasteiger partial charge on any atom is -0.452 e. The SMILES string of the molecule is COC(=O)N1c2ccccc2C=CC1C#Cc1ccc(Cl)cc1. The lowest BCUT2D eigenvalue weighted by molar-refractivity contribution is 0.178. The van der Waals surface area contributed by atoms with Crippen LogP contribution in [0.4, 0.5) is 10.5 Å². The molecule has 114 valence electrons. The van der Waals surface area contributed by atoms with Crippen LogP contribution in [0.2, 0.25) is 5.02 Å². The fourth-order valence-corrected chi connectivity index (χ4v) is 2.52. The number of amides is 1. The van der Waals surface area contributed by atoms with Crippen molar-refractivity contribution in [1.82, 2.24) is 0 Å². The standard InChI is InChI=1S/C19H14ClNO2/c1-23-19(22)21-17(12-8-14-6-10-16(20)11-7-14)13-9-15-4-2-3-5-18(15)21/h2-7,9-11,13,17H,1H3. The van der Waals surface area contributed by atoms with Crippen molar-refractivity contribution in [3.63, 3.8) is 0 Å². The number of halogens is 1. The summed E-state index contributed by atoms with van der Waals surface area (Å²) in [5, 5.41) is 0.665. The van der Waals surface area contributed by atoms with Gasteiger partial charge in [0.1, 0.15) is 6.04 Å². The molecule has 0 aliphatic carbocycles. The van der Waals surface area contributed by atoms with Gasteiger partial charge in [0, 0.05) is 10.6 Å². The molecule has 2 aromatic rings. The Balaban J connectivity index is 1.96. The predicted octanol–water partition coefficient (Wildman–Crippen LogP) is 4.36. The highest BCUT2D eigenvalue weighted by Crippen LogP contribution is 2.29. The molecule has 0 N–H and O–H groups in total. The molecule has 1 amide bonds. The maximum absolute atomic E-state index is 12.2. The van der Waals surface area contributed by atoms with Crippen LogP contribution in [0.1, 0.15) is 11.1 Å². The van der Waals surface area contributed by atoms with Gasteiger partial charge in [0.15, 0.2) is 0 Å². The van der Waals surface area contributed by atoms with Gasteiger partial charge in [-0.1, -0.05) is 47.7 Å². The molecular weight excluding hydrogens is 310 g/mol. The second kappa shape index (κ2) is 6.60. The van der Waals surface area contributed by atoms with Crippen LogP contribution in [-0.2, 0) is 4.74 Å². The first kappa shape index (κ1) is 15.2. The van der Waals surface area contributed by atoms with Gasteiger partial charge in [-0.3, -0.25) is 4.90 Å². The summed E-state index contributed by atoms with van der Waals surface area (Å²) in [5.41, 5.74) is 2.59. The molecule has 1 aliphatic heterocycles. The number of methoxy groups -OCH3 is 1. The third kappa shape index (κ3) is 3.23. The number of fused-ring (bicyclic) bond motifs is 1. The van der Waals surface area contributed by atoms with Crippen molar-refractivity contribution in [2.75, 3.05) is 12.0 Å². The first-order valence-corrected chi connectivity index (χ1v) is 7.48. The zero-order chi connectivity index (χ0) is 16.2. The molecule has 4 heteroatoms. The van der Waals surface area contributed by atoms with Gasteiger partial charge in [0.25, 0.3) is 0 Å². The van der Waals surface area contributed by atoms with Gasteiger partial charge >= 0.3 is 6.09 Å². The van der Waals surface area contributed by atoms with Crippen molar-refractivity contribution in [1.29, 1.82) is 0 Å². The number of ether oxygens (including phenoxy) is 1. The number of anilines is 1. The number of benzene rings is 2. The van der Waals surface area contributed by atoms with Crippen molar-refractivity contribution in [3.8, 4) is 11.8 Å². The van der Waals surface area contributed by atoms with E-state index < -0.39 is 6.09 Å². The zero-order valence-corrected chi connectivity index (χ0v) is 13.2. The summed E-state index contributed by atoms with van der Waals surface area (Å²) < 4.78 is 4.91. The monoisotopic (exact) mass is 323 g/mol. The van der Waals surface area contributed by atoms with Crippen LogP contribution in [0.15, 0.2) is 54.6 Å². The number of carbonyl (C=O) groups is 1. The smallest absolute Gasteiger partial charge is 0.415 e. The van der Waals surface area contributed by atoms with Crippen molar-refractivity contribution in [2.24, 2.45) is 0 Å². The van der Waals surface area contributed by atoms with Crippen LogP contribution in [0, 0.1) is 11.8 Å². The molecule has 1 unspecified atom stereocenters. The van der Waals surface area contributed by atoms with Crippen molar-refractivity contribution in [3.05, 3.63) is 70.8 Å². The van der Waals surface area contributed by atoms with Crippen LogP contribution in [0.25, 0.3) is 6.08 Å². The van der Waals surface area contributed by atoms with Crippen LogP contribution in [0.3, 0.4) is 0 Å². The molecule has 0 aromatic heterocycles. The van der Waals surface area contributed by atoms with Gasteiger partial charge in [0.2, 0.25) is 0 Å². The highest BCUT2D eigenvalue weighted by atomic mass is 35.5. The molecule has 0 saturated carbocycles. The number of hydrogen-bond acceptors (Lipinski definition) is 2. The largest absolute Gasteiger partial charge is 0.452 e. The quantitative estimate of drug-likeness (QED) is 0.674. The summed E-state index contributed by atoms with van der Waals surface area (Å²) in [6.07, 6.45) is 3.43. The molecule has 0 bridgehead atoms. The minimum absolute atomic E-state index is 0.381. The van der Waals surface area contributed by atoms with Crippen LogP contribution in [-0.4, -0.2) is 19.2 Å². The van der Waals surface area contributed by atoms with Crippen LogP contribution >= 0.6 is 11.6 Å². The third-order valence-electron chi connectivity index (χ3n) is 3.51. The maximum Gasteiger partial charge on any atom is 0.415 e. The summed E-state index contributed by atoms with van der Waals surface area (Å²) in [7, 11) is 1.37. The van der Waals surface area contributed by atoms with Gasteiger partial charge in [-0.15, -0.1) is 0 Å². The first-order valence-electron chi connectivity index (χ1n) is 7.10. The topological polar surface area (TPSA) is 29.5 Å². The van der Waals surface area contributed by atoms with E-state index >= 15 is 0 Å². The van der Waals surface area contributed by atoms with Crippen molar-refractivity contribution in [2.45, 2.75) is 6.04 Å². The van der Waals surface area contributed by atoms with Gasteiger partial charge in [-0.25, -0.2) is 4.79 Å². The molecular formula is C19H14ClNO2. The van der Waals surface area contributed by atoms with E-state index in [1.807, 2.05) is 48.6 Å². The second-order valence-corrected chi connectivity index (χ2v) is 5.42. The van der Waals surface area contributed by atoms with E-state index in [-0.39, 0.29) is 6.04 Å².